The van der Waals surface area contributed by atoms with E-state index in [0.29, 0.717) is 12.4 Å². The number of rotatable bonds is 6. The summed E-state index contributed by atoms with van der Waals surface area (Å²) in [7, 11) is -3.36. The van der Waals surface area contributed by atoms with Gasteiger partial charge in [-0.25, -0.2) is 13.4 Å². The van der Waals surface area contributed by atoms with Crippen molar-refractivity contribution in [1.82, 2.24) is 10.3 Å². The second-order valence-electron chi connectivity index (χ2n) is 4.35. The number of hydrogen-bond acceptors (Lipinski definition) is 4. The fourth-order valence-electron chi connectivity index (χ4n) is 1.33. The van der Waals surface area contributed by atoms with Crippen molar-refractivity contribution in [3.8, 4) is 0 Å². The highest BCUT2D eigenvalue weighted by molar-refractivity contribution is 9.10. The van der Waals surface area contributed by atoms with E-state index in [1.165, 1.54) is 0 Å². The largest absolute Gasteiger partial charge is 0.313 e. The van der Waals surface area contributed by atoms with Gasteiger partial charge in [0.15, 0.2) is 0 Å². The van der Waals surface area contributed by atoms with Gasteiger partial charge in [0, 0.05) is 23.3 Å². The predicted molar refractivity (Wildman–Crippen MR) is 77.2 cm³/mol. The summed E-state index contributed by atoms with van der Waals surface area (Å²) in [5, 5.41) is 3.06. The van der Waals surface area contributed by atoms with Gasteiger partial charge in [-0.3, -0.25) is 4.72 Å². The number of pyridine rings is 1. The van der Waals surface area contributed by atoms with E-state index < -0.39 is 10.0 Å². The second-order valence-corrected chi connectivity index (χ2v) is 7.11. The molecule has 1 heterocycles. The zero-order valence-corrected chi connectivity index (χ0v) is 13.1. The summed E-state index contributed by atoms with van der Waals surface area (Å²) in [4.78, 5) is 4.05. The first kappa shape index (κ1) is 15.4. The van der Waals surface area contributed by atoms with Gasteiger partial charge in [0.2, 0.25) is 10.0 Å². The summed E-state index contributed by atoms with van der Waals surface area (Å²) in [5.74, 6) is 0.408. The Balaban J connectivity index is 2.65. The number of halogens is 1. The number of nitrogens with one attached hydrogen (secondary N) is 2. The first-order valence-electron chi connectivity index (χ1n) is 5.66. The van der Waals surface area contributed by atoms with Gasteiger partial charge in [0.1, 0.15) is 5.82 Å². The molecule has 18 heavy (non-hydrogen) atoms. The van der Waals surface area contributed by atoms with Crippen LogP contribution in [-0.4, -0.2) is 31.7 Å². The van der Waals surface area contributed by atoms with Gasteiger partial charge in [-0.05, 0) is 34.5 Å². The second kappa shape index (κ2) is 6.49. The highest BCUT2D eigenvalue weighted by atomic mass is 79.9. The fraction of sp³-hybridized carbons (Fsp3) is 0.545. The molecule has 1 rings (SSSR count). The molecule has 0 aliphatic carbocycles. The van der Waals surface area contributed by atoms with E-state index in [1.807, 2.05) is 26.8 Å². The SMILES string of the molecule is Cc1cc(Br)cnc1NS(=O)(=O)CCNC(C)C. The number of aromatic nitrogens is 1. The fourth-order valence-corrected chi connectivity index (χ4v) is 2.77. The predicted octanol–water partition coefficient (Wildman–Crippen LogP) is 1.89. The summed E-state index contributed by atoms with van der Waals surface area (Å²) in [6.45, 7) is 6.17. The van der Waals surface area contributed by atoms with Crippen LogP contribution < -0.4 is 10.0 Å². The molecule has 0 bridgehead atoms. The molecular weight excluding hydrogens is 318 g/mol. The van der Waals surface area contributed by atoms with Gasteiger partial charge >= 0.3 is 0 Å². The lowest BCUT2D eigenvalue weighted by atomic mass is 10.3. The van der Waals surface area contributed by atoms with E-state index in [-0.39, 0.29) is 11.8 Å². The molecule has 0 saturated carbocycles. The maximum absolute atomic E-state index is 11.8. The highest BCUT2D eigenvalue weighted by Crippen LogP contribution is 2.17. The third-order valence-corrected chi connectivity index (χ3v) is 3.90. The van der Waals surface area contributed by atoms with Crippen molar-refractivity contribution >= 4 is 31.8 Å². The van der Waals surface area contributed by atoms with Crippen LogP contribution in [0.5, 0.6) is 0 Å². The van der Waals surface area contributed by atoms with Gasteiger partial charge < -0.3 is 5.32 Å². The van der Waals surface area contributed by atoms with E-state index >= 15 is 0 Å². The Morgan fingerprint density at radius 1 is 1.44 bits per heavy atom. The molecule has 5 nitrogen and oxygen atoms in total. The number of hydrogen-bond donors (Lipinski definition) is 2. The third-order valence-electron chi connectivity index (χ3n) is 2.22. The summed E-state index contributed by atoms with van der Waals surface area (Å²) in [6.07, 6.45) is 1.57. The smallest absolute Gasteiger partial charge is 0.235 e. The van der Waals surface area contributed by atoms with Crippen molar-refractivity contribution in [2.75, 3.05) is 17.0 Å². The quantitative estimate of drug-likeness (QED) is 0.832. The number of anilines is 1. The number of nitrogens with zero attached hydrogens (tertiary/aromatic N) is 1. The molecule has 102 valence electrons. The molecule has 0 radical (unpaired) electrons. The lowest BCUT2D eigenvalue weighted by Crippen LogP contribution is -2.31. The van der Waals surface area contributed by atoms with Gasteiger partial charge in [0.25, 0.3) is 0 Å². The van der Waals surface area contributed by atoms with Crippen LogP contribution in [0.15, 0.2) is 16.7 Å². The Morgan fingerprint density at radius 3 is 2.67 bits per heavy atom. The van der Waals surface area contributed by atoms with E-state index in [0.717, 1.165) is 10.0 Å². The molecular formula is C11H18BrN3O2S. The molecule has 1 aromatic heterocycles. The standard InChI is InChI=1S/C11H18BrN3O2S/c1-8(2)13-4-5-18(16,17)15-11-9(3)6-10(12)7-14-11/h6-8,13H,4-5H2,1-3H3,(H,14,15). The molecule has 0 spiro atoms. The molecule has 7 heteroatoms. The van der Waals surface area contributed by atoms with Crippen molar-refractivity contribution in [3.05, 3.63) is 22.3 Å². The molecule has 2 N–H and O–H groups in total. The van der Waals surface area contributed by atoms with Crippen molar-refractivity contribution in [3.63, 3.8) is 0 Å². The molecule has 0 amide bonds. The Kier molecular flexibility index (Phi) is 5.55. The third kappa shape index (κ3) is 5.32. The molecule has 0 atom stereocenters. The maximum atomic E-state index is 11.8. The topological polar surface area (TPSA) is 71.1 Å². The average molecular weight is 336 g/mol. The molecule has 0 aliphatic rings. The van der Waals surface area contributed by atoms with E-state index in [4.69, 9.17) is 0 Å². The van der Waals surface area contributed by atoms with Crippen LogP contribution in [0.4, 0.5) is 5.82 Å². The molecule has 0 aromatic carbocycles. The zero-order chi connectivity index (χ0) is 13.8. The lowest BCUT2D eigenvalue weighted by Gasteiger charge is -2.11. The maximum Gasteiger partial charge on any atom is 0.235 e. The van der Waals surface area contributed by atoms with Crippen molar-refractivity contribution < 1.29 is 8.42 Å². The van der Waals surface area contributed by atoms with E-state index in [9.17, 15) is 8.42 Å². The van der Waals surface area contributed by atoms with Gasteiger partial charge in [-0.1, -0.05) is 13.8 Å². The van der Waals surface area contributed by atoms with Crippen LogP contribution in [0.3, 0.4) is 0 Å². The molecule has 1 aromatic rings. The summed E-state index contributed by atoms with van der Waals surface area (Å²) < 4.78 is 26.9. The van der Waals surface area contributed by atoms with Gasteiger partial charge in [-0.15, -0.1) is 0 Å². The van der Waals surface area contributed by atoms with Crippen LogP contribution in [0, 0.1) is 6.92 Å². The minimum absolute atomic E-state index is 0.0301. The first-order chi connectivity index (χ1) is 8.30. The monoisotopic (exact) mass is 335 g/mol. The molecule has 0 unspecified atom stereocenters. The Hall–Kier alpha value is -0.660. The van der Waals surface area contributed by atoms with Crippen LogP contribution in [0.2, 0.25) is 0 Å². The lowest BCUT2D eigenvalue weighted by molar-refractivity contribution is 0.581. The minimum Gasteiger partial charge on any atom is -0.313 e. The Bertz CT molecular complexity index is 503. The molecule has 0 saturated heterocycles. The summed E-state index contributed by atoms with van der Waals surface area (Å²) in [5.41, 5.74) is 0.782. The average Bonchev–Trinajstić information content (AvgIpc) is 2.21. The first-order valence-corrected chi connectivity index (χ1v) is 8.11. The Labute approximate surface area is 117 Å². The summed E-state index contributed by atoms with van der Waals surface area (Å²) in [6, 6.07) is 2.09. The van der Waals surface area contributed by atoms with Crippen LogP contribution in [0.1, 0.15) is 19.4 Å². The normalized spacial score (nSPS) is 11.8. The van der Waals surface area contributed by atoms with Crippen molar-refractivity contribution in [2.45, 2.75) is 26.8 Å². The number of aryl methyl sites for hydroxylation is 1. The van der Waals surface area contributed by atoms with Gasteiger partial charge in [0.05, 0.1) is 5.75 Å². The van der Waals surface area contributed by atoms with E-state index in [2.05, 4.69) is 31.0 Å². The van der Waals surface area contributed by atoms with E-state index in [1.54, 1.807) is 6.20 Å². The molecule has 0 aliphatic heterocycles. The van der Waals surface area contributed by atoms with Crippen molar-refractivity contribution in [1.29, 1.82) is 0 Å². The van der Waals surface area contributed by atoms with Gasteiger partial charge in [-0.2, -0.15) is 0 Å². The Morgan fingerprint density at radius 2 is 2.11 bits per heavy atom. The highest BCUT2D eigenvalue weighted by Gasteiger charge is 2.12. The van der Waals surface area contributed by atoms with Crippen LogP contribution in [0.25, 0.3) is 0 Å². The van der Waals surface area contributed by atoms with Crippen molar-refractivity contribution in [2.24, 2.45) is 0 Å². The summed E-state index contributed by atoms with van der Waals surface area (Å²) >= 11 is 3.28. The van der Waals surface area contributed by atoms with Crippen LogP contribution >= 0.6 is 15.9 Å². The number of sulfonamides is 1. The molecule has 0 fully saturated rings. The van der Waals surface area contributed by atoms with Crippen LogP contribution in [-0.2, 0) is 10.0 Å². The minimum atomic E-state index is -3.36. The zero-order valence-electron chi connectivity index (χ0n) is 10.7.